The van der Waals surface area contributed by atoms with Crippen LogP contribution in [0.1, 0.15) is 23.7 Å². The van der Waals surface area contributed by atoms with Gasteiger partial charge in [0.2, 0.25) is 0 Å². The number of aromatic nitrogens is 4. The second-order valence-corrected chi connectivity index (χ2v) is 16.3. The van der Waals surface area contributed by atoms with Crippen molar-refractivity contribution in [3.05, 3.63) is 218 Å². The molecule has 0 spiro atoms. The Hall–Kier alpha value is -8.35. The van der Waals surface area contributed by atoms with Gasteiger partial charge in [-0.2, -0.15) is 0 Å². The number of H-pyrrole nitrogens is 1. The van der Waals surface area contributed by atoms with E-state index in [1.54, 1.807) is 0 Å². The number of rotatable bonds is 7. The van der Waals surface area contributed by atoms with E-state index in [2.05, 4.69) is 173 Å². The van der Waals surface area contributed by atoms with Crippen LogP contribution in [0, 0.1) is 0 Å². The first-order valence-electron chi connectivity index (χ1n) is 21.4. The van der Waals surface area contributed by atoms with Crippen molar-refractivity contribution in [2.24, 2.45) is 10.7 Å². The summed E-state index contributed by atoms with van der Waals surface area (Å²) in [5.74, 6) is 2.51. The topological polar surface area (TPSA) is 84.9 Å². The molecule has 0 saturated carbocycles. The monoisotopic (exact) mass is 808 g/mol. The Kier molecular flexibility index (Phi) is 8.68. The fraction of sp³-hybridized carbons (Fsp3) is 0.0351. The lowest BCUT2D eigenvalue weighted by Gasteiger charge is -2.20. The summed E-state index contributed by atoms with van der Waals surface area (Å²) in [6.45, 7) is 0. The van der Waals surface area contributed by atoms with Crippen molar-refractivity contribution in [3.8, 4) is 39.3 Å². The highest BCUT2D eigenvalue weighted by atomic mass is 15.1. The molecule has 9 aromatic carbocycles. The van der Waals surface area contributed by atoms with Crippen molar-refractivity contribution >= 4 is 65.9 Å². The first-order valence-corrected chi connectivity index (χ1v) is 21.4. The number of nitrogens with zero attached hydrogens (tertiary/aromatic N) is 4. The molecular weight excluding hydrogens is 769 g/mol. The molecule has 3 N–H and O–H groups in total. The van der Waals surface area contributed by atoms with Crippen LogP contribution in [0.25, 0.3) is 93.7 Å². The number of nitrogens with two attached hydrogens (primary N) is 1. The van der Waals surface area contributed by atoms with Crippen molar-refractivity contribution in [2.45, 2.75) is 12.3 Å². The number of aromatic amines is 1. The Balaban J connectivity index is 1.12. The SMILES string of the molecule is NC(=Nc1ccccc1)c1ccc2c(-c3ccc4ccccc4c3)c3cc(-c4nc5ccccc5[nH]4)ccc3c(-c3ccc(-n4c(C5C=CC=CC5)nc5ccccc54)cc3)c2c1. The van der Waals surface area contributed by atoms with Crippen LogP contribution in [0.3, 0.4) is 0 Å². The number of benzene rings is 9. The Morgan fingerprint density at radius 2 is 1.27 bits per heavy atom. The summed E-state index contributed by atoms with van der Waals surface area (Å²) < 4.78 is 2.32. The van der Waals surface area contributed by atoms with E-state index in [1.165, 1.54) is 10.8 Å². The molecule has 2 heterocycles. The number of para-hydroxylation sites is 5. The molecule has 0 bridgehead atoms. The summed E-state index contributed by atoms with van der Waals surface area (Å²) in [5.41, 5.74) is 19.2. The molecule has 0 radical (unpaired) electrons. The van der Waals surface area contributed by atoms with E-state index in [1.807, 2.05) is 42.5 Å². The fourth-order valence-electron chi connectivity index (χ4n) is 9.41. The Labute approximate surface area is 364 Å². The largest absolute Gasteiger partial charge is 0.383 e. The molecule has 63 heavy (non-hydrogen) atoms. The lowest BCUT2D eigenvalue weighted by molar-refractivity contribution is 0.758. The maximum atomic E-state index is 6.86. The second-order valence-electron chi connectivity index (χ2n) is 16.3. The van der Waals surface area contributed by atoms with Crippen LogP contribution in [0.15, 0.2) is 211 Å². The average Bonchev–Trinajstić information content (AvgIpc) is 3.96. The number of aliphatic imine (C=N–C) groups is 1. The van der Waals surface area contributed by atoms with Crippen LogP contribution >= 0.6 is 0 Å². The van der Waals surface area contributed by atoms with Crippen LogP contribution in [-0.4, -0.2) is 25.4 Å². The van der Waals surface area contributed by atoms with Gasteiger partial charge >= 0.3 is 0 Å². The molecule has 0 aliphatic heterocycles. The second kappa shape index (κ2) is 15.0. The van der Waals surface area contributed by atoms with Gasteiger partial charge in [-0.1, -0.05) is 140 Å². The van der Waals surface area contributed by atoms with Gasteiger partial charge in [-0.05, 0) is 128 Å². The Morgan fingerprint density at radius 3 is 2.10 bits per heavy atom. The molecule has 2 aromatic heterocycles. The molecule has 1 aliphatic rings. The number of fused-ring (bicyclic) bond motifs is 5. The van der Waals surface area contributed by atoms with Gasteiger partial charge < -0.3 is 10.7 Å². The zero-order valence-corrected chi connectivity index (χ0v) is 34.3. The van der Waals surface area contributed by atoms with Crippen LogP contribution in [-0.2, 0) is 0 Å². The average molecular weight is 809 g/mol. The highest BCUT2D eigenvalue weighted by Gasteiger charge is 2.22. The number of hydrogen-bond donors (Lipinski definition) is 2. The molecule has 298 valence electrons. The van der Waals surface area contributed by atoms with Crippen molar-refractivity contribution in [2.75, 3.05) is 0 Å². The third kappa shape index (κ3) is 6.39. The van der Waals surface area contributed by atoms with Crippen LogP contribution in [0.4, 0.5) is 5.69 Å². The lowest BCUT2D eigenvalue weighted by atomic mass is 9.84. The summed E-state index contributed by atoms with van der Waals surface area (Å²) in [4.78, 5) is 18.7. The van der Waals surface area contributed by atoms with Gasteiger partial charge in [-0.25, -0.2) is 15.0 Å². The van der Waals surface area contributed by atoms with E-state index in [0.29, 0.717) is 5.84 Å². The minimum absolute atomic E-state index is 0.181. The molecule has 12 rings (SSSR count). The third-order valence-electron chi connectivity index (χ3n) is 12.4. The first-order chi connectivity index (χ1) is 31.1. The zero-order valence-electron chi connectivity index (χ0n) is 34.3. The fourth-order valence-corrected chi connectivity index (χ4v) is 9.41. The standard InChI is InChI=1S/C57H40N6/c58-55(59-43-17-5-2-6-18-43)41-27-31-46-47(34-41)53(37-25-29-44(30-26-37)63-52-22-12-11-21-51(52)62-57(63)38-14-3-1-4-15-38)45-32-28-42(56-60-49-19-9-10-20-50(49)61-56)35-48(45)54(46)40-24-23-36-13-7-8-16-39(36)33-40/h1-14,16-35,38H,15H2,(H2,58,59)(H,60,61). The Morgan fingerprint density at radius 1 is 0.571 bits per heavy atom. The highest BCUT2D eigenvalue weighted by Crippen LogP contribution is 2.46. The normalized spacial score (nSPS) is 14.2. The van der Waals surface area contributed by atoms with Gasteiger partial charge in [0, 0.05) is 22.7 Å². The number of amidine groups is 1. The summed E-state index contributed by atoms with van der Waals surface area (Å²) in [5, 5.41) is 6.86. The molecule has 0 fully saturated rings. The third-order valence-corrected chi connectivity index (χ3v) is 12.4. The Bertz CT molecular complexity index is 3630. The number of hydrogen-bond acceptors (Lipinski definition) is 3. The van der Waals surface area contributed by atoms with Crippen LogP contribution in [0.2, 0.25) is 0 Å². The van der Waals surface area contributed by atoms with Crippen molar-refractivity contribution in [1.29, 1.82) is 0 Å². The van der Waals surface area contributed by atoms with E-state index in [0.717, 1.165) is 106 Å². The van der Waals surface area contributed by atoms with E-state index in [-0.39, 0.29) is 5.92 Å². The maximum absolute atomic E-state index is 6.86. The van der Waals surface area contributed by atoms with Gasteiger partial charge in [-0.15, -0.1) is 0 Å². The molecule has 0 amide bonds. The van der Waals surface area contributed by atoms with E-state index in [4.69, 9.17) is 20.7 Å². The van der Waals surface area contributed by atoms with Gasteiger partial charge in [0.05, 0.1) is 27.8 Å². The molecule has 1 unspecified atom stereocenters. The number of imidazole rings is 2. The van der Waals surface area contributed by atoms with E-state index >= 15 is 0 Å². The molecule has 1 atom stereocenters. The van der Waals surface area contributed by atoms with Crippen molar-refractivity contribution in [3.63, 3.8) is 0 Å². The predicted molar refractivity (Wildman–Crippen MR) is 262 cm³/mol. The highest BCUT2D eigenvalue weighted by molar-refractivity contribution is 6.23. The summed E-state index contributed by atoms with van der Waals surface area (Å²) >= 11 is 0. The first kappa shape index (κ1) is 36.5. The quantitative estimate of drug-likeness (QED) is 0.0955. The molecule has 1 aliphatic carbocycles. The lowest BCUT2D eigenvalue weighted by Crippen LogP contribution is -2.12. The van der Waals surface area contributed by atoms with Gasteiger partial charge in [-0.3, -0.25) is 4.57 Å². The predicted octanol–water partition coefficient (Wildman–Crippen LogP) is 14.0. The molecule has 11 aromatic rings. The molecule has 6 heteroatoms. The van der Waals surface area contributed by atoms with Crippen molar-refractivity contribution < 1.29 is 0 Å². The summed E-state index contributed by atoms with van der Waals surface area (Å²) in [7, 11) is 0. The summed E-state index contributed by atoms with van der Waals surface area (Å²) in [6, 6.07) is 64.2. The minimum atomic E-state index is 0.181. The van der Waals surface area contributed by atoms with Crippen molar-refractivity contribution in [1.82, 2.24) is 19.5 Å². The maximum Gasteiger partial charge on any atom is 0.138 e. The number of nitrogens with one attached hydrogen (secondary N) is 1. The van der Waals surface area contributed by atoms with Gasteiger partial charge in [0.15, 0.2) is 0 Å². The van der Waals surface area contributed by atoms with Gasteiger partial charge in [0.1, 0.15) is 17.5 Å². The summed E-state index contributed by atoms with van der Waals surface area (Å²) in [6.07, 6.45) is 9.63. The number of allylic oxidation sites excluding steroid dienone is 4. The van der Waals surface area contributed by atoms with Gasteiger partial charge in [0.25, 0.3) is 0 Å². The zero-order chi connectivity index (χ0) is 41.9. The minimum Gasteiger partial charge on any atom is -0.383 e. The molecule has 6 nitrogen and oxygen atoms in total. The molecule has 0 saturated heterocycles. The molecular formula is C57H40N6. The smallest absolute Gasteiger partial charge is 0.138 e. The van der Waals surface area contributed by atoms with Crippen LogP contribution < -0.4 is 5.73 Å². The van der Waals surface area contributed by atoms with E-state index < -0.39 is 0 Å². The van der Waals surface area contributed by atoms with Crippen LogP contribution in [0.5, 0.6) is 0 Å². The van der Waals surface area contributed by atoms with E-state index in [9.17, 15) is 0 Å².